The van der Waals surface area contributed by atoms with Crippen LogP contribution in [-0.4, -0.2) is 33.6 Å². The van der Waals surface area contributed by atoms with E-state index in [0.717, 1.165) is 0 Å². The van der Waals surface area contributed by atoms with E-state index in [1.54, 1.807) is 72.8 Å². The highest BCUT2D eigenvalue weighted by molar-refractivity contribution is 5.60. The molecular weight excluding hydrogens is 330 g/mol. The van der Waals surface area contributed by atoms with Crippen LogP contribution in [0.3, 0.4) is 0 Å². The Balaban J connectivity index is 2.41. The molecule has 0 aliphatic rings. The largest absolute Gasteiger partial charge is 0.508 e. The van der Waals surface area contributed by atoms with E-state index in [0.29, 0.717) is 16.7 Å². The zero-order chi connectivity index (χ0) is 18.6. The number of phenolic OH excluding ortho intramolecular Hbond substituents is 3. The molecule has 0 aliphatic carbocycles. The number of hydrogen-bond donors (Lipinski definition) is 5. The standard InChI is InChI=1S/C21H21NO4/c23-14-13-22-21(15-7-1-4-10-18(15)24,16-8-2-5-11-19(16)25)17-9-3-6-12-20(17)26/h1-12,22-26H,13-14H2. The second kappa shape index (κ2) is 7.47. The lowest BCUT2D eigenvalue weighted by Gasteiger charge is -2.37. The molecule has 0 amide bonds. The van der Waals surface area contributed by atoms with Gasteiger partial charge in [-0.25, -0.2) is 0 Å². The first-order chi connectivity index (χ1) is 12.6. The zero-order valence-electron chi connectivity index (χ0n) is 14.1. The molecule has 0 fully saturated rings. The zero-order valence-corrected chi connectivity index (χ0v) is 14.1. The molecule has 0 unspecified atom stereocenters. The lowest BCUT2D eigenvalue weighted by Crippen LogP contribution is -2.46. The highest BCUT2D eigenvalue weighted by Crippen LogP contribution is 2.46. The molecule has 0 saturated carbocycles. The molecule has 0 aliphatic heterocycles. The van der Waals surface area contributed by atoms with E-state index in [1.807, 2.05) is 0 Å². The van der Waals surface area contributed by atoms with Gasteiger partial charge in [0.05, 0.1) is 6.61 Å². The Morgan fingerprint density at radius 1 is 0.615 bits per heavy atom. The number of hydrogen-bond acceptors (Lipinski definition) is 5. The maximum Gasteiger partial charge on any atom is 0.121 e. The maximum atomic E-state index is 10.6. The van der Waals surface area contributed by atoms with E-state index >= 15 is 0 Å². The molecule has 3 aromatic rings. The van der Waals surface area contributed by atoms with Gasteiger partial charge in [0.15, 0.2) is 0 Å². The smallest absolute Gasteiger partial charge is 0.121 e. The molecule has 0 bridgehead atoms. The minimum atomic E-state index is -1.26. The minimum absolute atomic E-state index is 0.00412. The molecule has 5 nitrogen and oxygen atoms in total. The van der Waals surface area contributed by atoms with Crippen molar-refractivity contribution in [2.75, 3.05) is 13.2 Å². The summed E-state index contributed by atoms with van der Waals surface area (Å²) in [7, 11) is 0. The molecule has 3 rings (SSSR count). The summed E-state index contributed by atoms with van der Waals surface area (Å²) in [6.45, 7) is 0.0214. The van der Waals surface area contributed by atoms with Gasteiger partial charge in [-0.2, -0.15) is 0 Å². The quantitative estimate of drug-likeness (QED) is 0.440. The molecular formula is C21H21NO4. The van der Waals surface area contributed by atoms with Gasteiger partial charge in [-0.1, -0.05) is 54.6 Å². The number of aromatic hydroxyl groups is 3. The van der Waals surface area contributed by atoms with Gasteiger partial charge in [0, 0.05) is 23.2 Å². The number of nitrogens with one attached hydrogen (secondary N) is 1. The van der Waals surface area contributed by atoms with Crippen LogP contribution in [0.4, 0.5) is 0 Å². The predicted octanol–water partition coefficient (Wildman–Crippen LogP) is 2.68. The van der Waals surface area contributed by atoms with E-state index in [-0.39, 0.29) is 30.4 Å². The minimum Gasteiger partial charge on any atom is -0.508 e. The van der Waals surface area contributed by atoms with Crippen molar-refractivity contribution in [3.8, 4) is 17.2 Å². The molecule has 5 N–H and O–H groups in total. The van der Waals surface area contributed by atoms with Gasteiger partial charge in [0.25, 0.3) is 0 Å². The number of phenols is 3. The second-order valence-electron chi connectivity index (χ2n) is 5.95. The Morgan fingerprint density at radius 3 is 1.27 bits per heavy atom. The van der Waals surface area contributed by atoms with Gasteiger partial charge in [-0.05, 0) is 18.2 Å². The summed E-state index contributed by atoms with van der Waals surface area (Å²) in [5, 5.41) is 44.4. The molecule has 0 saturated heterocycles. The number of aliphatic hydroxyl groups is 1. The SMILES string of the molecule is OCCNC(c1ccccc1O)(c1ccccc1O)c1ccccc1O. The van der Waals surface area contributed by atoms with Crippen LogP contribution in [0.5, 0.6) is 17.2 Å². The molecule has 0 spiro atoms. The summed E-state index contributed by atoms with van der Waals surface area (Å²) in [6, 6.07) is 20.2. The van der Waals surface area contributed by atoms with Gasteiger partial charge >= 0.3 is 0 Å². The van der Waals surface area contributed by atoms with Gasteiger partial charge < -0.3 is 20.4 Å². The summed E-state index contributed by atoms with van der Waals surface area (Å²) in [4.78, 5) is 0. The van der Waals surface area contributed by atoms with Crippen molar-refractivity contribution in [2.45, 2.75) is 5.54 Å². The van der Waals surface area contributed by atoms with Crippen molar-refractivity contribution in [1.29, 1.82) is 0 Å². The lowest BCUT2D eigenvalue weighted by atomic mass is 9.75. The predicted molar refractivity (Wildman–Crippen MR) is 99.3 cm³/mol. The molecule has 5 heteroatoms. The van der Waals surface area contributed by atoms with E-state index in [2.05, 4.69) is 5.32 Å². The van der Waals surface area contributed by atoms with Crippen LogP contribution in [0.1, 0.15) is 16.7 Å². The van der Waals surface area contributed by atoms with Gasteiger partial charge in [0.1, 0.15) is 22.8 Å². The van der Waals surface area contributed by atoms with Crippen LogP contribution in [0.25, 0.3) is 0 Å². The van der Waals surface area contributed by atoms with Crippen LogP contribution in [0.2, 0.25) is 0 Å². The molecule has 0 atom stereocenters. The third-order valence-electron chi connectivity index (χ3n) is 4.43. The van der Waals surface area contributed by atoms with E-state index in [9.17, 15) is 20.4 Å². The van der Waals surface area contributed by atoms with Crippen molar-refractivity contribution < 1.29 is 20.4 Å². The van der Waals surface area contributed by atoms with Crippen molar-refractivity contribution >= 4 is 0 Å². The first-order valence-electron chi connectivity index (χ1n) is 8.32. The van der Waals surface area contributed by atoms with Crippen LogP contribution < -0.4 is 5.32 Å². The highest BCUT2D eigenvalue weighted by atomic mass is 16.3. The van der Waals surface area contributed by atoms with Crippen LogP contribution in [-0.2, 0) is 5.54 Å². The summed E-state index contributed by atoms with van der Waals surface area (Å²) in [6.07, 6.45) is 0. The Bertz CT molecular complexity index is 784. The van der Waals surface area contributed by atoms with E-state index in [4.69, 9.17) is 0 Å². The number of rotatable bonds is 6. The first kappa shape index (κ1) is 17.8. The molecule has 3 aromatic carbocycles. The fourth-order valence-electron chi connectivity index (χ4n) is 3.34. The fraction of sp³-hybridized carbons (Fsp3) is 0.143. The molecule has 26 heavy (non-hydrogen) atoms. The lowest BCUT2D eigenvalue weighted by molar-refractivity contribution is 0.273. The Morgan fingerprint density at radius 2 is 0.962 bits per heavy atom. The van der Waals surface area contributed by atoms with Gasteiger partial charge in [0.2, 0.25) is 0 Å². The summed E-state index contributed by atoms with van der Waals surface area (Å²) < 4.78 is 0. The van der Waals surface area contributed by atoms with E-state index < -0.39 is 5.54 Å². The van der Waals surface area contributed by atoms with Crippen LogP contribution in [0, 0.1) is 0 Å². The average molecular weight is 351 g/mol. The fourth-order valence-corrected chi connectivity index (χ4v) is 3.34. The van der Waals surface area contributed by atoms with Crippen molar-refractivity contribution in [1.82, 2.24) is 5.32 Å². The van der Waals surface area contributed by atoms with Crippen LogP contribution >= 0.6 is 0 Å². The Kier molecular flexibility index (Phi) is 5.11. The molecule has 0 radical (unpaired) electrons. The number of benzene rings is 3. The second-order valence-corrected chi connectivity index (χ2v) is 5.95. The van der Waals surface area contributed by atoms with E-state index in [1.165, 1.54) is 0 Å². The molecule has 134 valence electrons. The topological polar surface area (TPSA) is 93.0 Å². The highest BCUT2D eigenvalue weighted by Gasteiger charge is 2.41. The first-order valence-corrected chi connectivity index (χ1v) is 8.32. The van der Waals surface area contributed by atoms with Crippen molar-refractivity contribution in [2.24, 2.45) is 0 Å². The maximum absolute atomic E-state index is 10.6. The monoisotopic (exact) mass is 351 g/mol. The summed E-state index contributed by atoms with van der Waals surface area (Å²) >= 11 is 0. The third-order valence-corrected chi connectivity index (χ3v) is 4.43. The van der Waals surface area contributed by atoms with Crippen molar-refractivity contribution in [3.63, 3.8) is 0 Å². The summed E-state index contributed by atoms with van der Waals surface area (Å²) in [5.41, 5.74) is 0.106. The van der Waals surface area contributed by atoms with Crippen LogP contribution in [0.15, 0.2) is 72.8 Å². The number of aliphatic hydroxyl groups excluding tert-OH is 1. The summed E-state index contributed by atoms with van der Waals surface area (Å²) in [5.74, 6) is 0.0123. The van der Waals surface area contributed by atoms with Gasteiger partial charge in [-0.15, -0.1) is 0 Å². The van der Waals surface area contributed by atoms with Gasteiger partial charge in [-0.3, -0.25) is 5.32 Å². The molecule has 0 heterocycles. The van der Waals surface area contributed by atoms with Crippen molar-refractivity contribution in [3.05, 3.63) is 89.5 Å². The third kappa shape index (κ3) is 2.98. The Labute approximate surface area is 151 Å². The number of para-hydroxylation sites is 3. The average Bonchev–Trinajstić information content (AvgIpc) is 2.65. The Hall–Kier alpha value is -3.02. The normalized spacial score (nSPS) is 11.4. The molecule has 0 aromatic heterocycles.